The van der Waals surface area contributed by atoms with Gasteiger partial charge in [0.25, 0.3) is 5.91 Å². The molecule has 4 N–H and O–H groups in total. The maximum Gasteiger partial charge on any atom is 0.252 e. The molecular formula is C11H13Cl2N3O2. The Hall–Kier alpha value is -1.46. The molecule has 0 saturated carbocycles. The van der Waals surface area contributed by atoms with Gasteiger partial charge in [-0.05, 0) is 24.6 Å². The summed E-state index contributed by atoms with van der Waals surface area (Å²) >= 11 is 11.6. The van der Waals surface area contributed by atoms with E-state index in [0.29, 0.717) is 35.0 Å². The van der Waals surface area contributed by atoms with Crippen LogP contribution in [0.1, 0.15) is 23.2 Å². The Morgan fingerprint density at radius 1 is 1.44 bits per heavy atom. The van der Waals surface area contributed by atoms with Crippen molar-refractivity contribution in [3.63, 3.8) is 0 Å². The molecule has 7 heteroatoms. The molecule has 1 aromatic rings. The Labute approximate surface area is 115 Å². The van der Waals surface area contributed by atoms with Crippen LogP contribution < -0.4 is 11.1 Å². The largest absolute Gasteiger partial charge is 0.409 e. The first-order valence-corrected chi connectivity index (χ1v) is 6.00. The fourth-order valence-electron chi connectivity index (χ4n) is 1.29. The van der Waals surface area contributed by atoms with E-state index in [4.69, 9.17) is 34.1 Å². The molecule has 0 aromatic heterocycles. The fraction of sp³-hybridized carbons (Fsp3) is 0.273. The van der Waals surface area contributed by atoms with E-state index in [1.54, 1.807) is 12.1 Å². The first kappa shape index (κ1) is 14.6. The maximum absolute atomic E-state index is 11.7. The average Bonchev–Trinajstić information content (AvgIpc) is 2.34. The third-order valence-electron chi connectivity index (χ3n) is 2.20. The van der Waals surface area contributed by atoms with Crippen LogP contribution in [0.25, 0.3) is 0 Å². The van der Waals surface area contributed by atoms with Gasteiger partial charge in [-0.1, -0.05) is 28.4 Å². The van der Waals surface area contributed by atoms with Gasteiger partial charge in [-0.3, -0.25) is 4.79 Å². The highest BCUT2D eigenvalue weighted by Crippen LogP contribution is 2.20. The topological polar surface area (TPSA) is 87.7 Å². The van der Waals surface area contributed by atoms with Gasteiger partial charge in [0, 0.05) is 18.0 Å². The molecule has 1 rings (SSSR count). The van der Waals surface area contributed by atoms with E-state index in [0.717, 1.165) is 0 Å². The summed E-state index contributed by atoms with van der Waals surface area (Å²) < 4.78 is 0. The van der Waals surface area contributed by atoms with E-state index >= 15 is 0 Å². The number of amidine groups is 1. The molecule has 1 amide bonds. The van der Waals surface area contributed by atoms with Gasteiger partial charge in [0.1, 0.15) is 5.84 Å². The molecule has 1 aromatic carbocycles. The summed E-state index contributed by atoms with van der Waals surface area (Å²) in [6.07, 6.45) is 0.984. The van der Waals surface area contributed by atoms with Gasteiger partial charge in [-0.15, -0.1) is 0 Å². The molecule has 18 heavy (non-hydrogen) atoms. The normalized spacial score (nSPS) is 11.3. The van der Waals surface area contributed by atoms with Gasteiger partial charge in [0.2, 0.25) is 0 Å². The predicted octanol–water partition coefficient (Wildman–Crippen LogP) is 2.25. The fourth-order valence-corrected chi connectivity index (χ4v) is 1.78. The van der Waals surface area contributed by atoms with Gasteiger partial charge in [0.15, 0.2) is 0 Å². The van der Waals surface area contributed by atoms with Crippen molar-refractivity contribution in [3.05, 3.63) is 33.8 Å². The number of oxime groups is 1. The van der Waals surface area contributed by atoms with Crippen molar-refractivity contribution in [2.45, 2.75) is 12.8 Å². The lowest BCUT2D eigenvalue weighted by molar-refractivity contribution is 0.0953. The van der Waals surface area contributed by atoms with Crippen molar-refractivity contribution in [2.75, 3.05) is 6.54 Å². The second-order valence-electron chi connectivity index (χ2n) is 3.57. The van der Waals surface area contributed by atoms with Gasteiger partial charge in [-0.2, -0.15) is 0 Å². The lowest BCUT2D eigenvalue weighted by Crippen LogP contribution is -2.25. The van der Waals surface area contributed by atoms with Crippen LogP contribution in [0.5, 0.6) is 0 Å². The zero-order chi connectivity index (χ0) is 13.5. The number of nitrogens with zero attached hydrogens (tertiary/aromatic N) is 1. The molecule has 0 saturated heterocycles. The van der Waals surface area contributed by atoms with E-state index in [1.165, 1.54) is 6.07 Å². The van der Waals surface area contributed by atoms with Crippen LogP contribution in [0.4, 0.5) is 0 Å². The second kappa shape index (κ2) is 7.08. The van der Waals surface area contributed by atoms with E-state index in [-0.39, 0.29) is 11.7 Å². The molecule has 0 radical (unpaired) electrons. The van der Waals surface area contributed by atoms with Gasteiger partial charge >= 0.3 is 0 Å². The molecule has 0 spiro atoms. The van der Waals surface area contributed by atoms with E-state index in [1.807, 2.05) is 0 Å². The lowest BCUT2D eigenvalue weighted by atomic mass is 10.2. The number of hydrogen-bond donors (Lipinski definition) is 3. The molecule has 0 aliphatic carbocycles. The molecule has 0 atom stereocenters. The number of hydrogen-bond acceptors (Lipinski definition) is 3. The number of halogens is 2. The van der Waals surface area contributed by atoms with Crippen molar-refractivity contribution >= 4 is 34.9 Å². The zero-order valence-electron chi connectivity index (χ0n) is 9.49. The van der Waals surface area contributed by atoms with E-state index in [9.17, 15) is 4.79 Å². The van der Waals surface area contributed by atoms with Crippen LogP contribution in [0.2, 0.25) is 10.0 Å². The monoisotopic (exact) mass is 289 g/mol. The lowest BCUT2D eigenvalue weighted by Gasteiger charge is -2.06. The molecule has 0 bridgehead atoms. The third kappa shape index (κ3) is 4.43. The number of nitrogens with one attached hydrogen (secondary N) is 1. The number of carbonyl (C=O) groups excluding carboxylic acids is 1. The summed E-state index contributed by atoms with van der Waals surface area (Å²) in [4.78, 5) is 11.7. The molecule has 0 fully saturated rings. The smallest absolute Gasteiger partial charge is 0.252 e. The third-order valence-corrected chi connectivity index (χ3v) is 2.75. The number of benzene rings is 1. The molecule has 0 aliphatic heterocycles. The van der Waals surface area contributed by atoms with E-state index in [2.05, 4.69) is 10.5 Å². The second-order valence-corrected chi connectivity index (χ2v) is 4.42. The van der Waals surface area contributed by atoms with Crippen LogP contribution in [0.15, 0.2) is 23.4 Å². The Morgan fingerprint density at radius 2 is 2.17 bits per heavy atom. The minimum absolute atomic E-state index is 0.133. The average molecular weight is 290 g/mol. The molecule has 0 unspecified atom stereocenters. The summed E-state index contributed by atoms with van der Waals surface area (Å²) in [6.45, 7) is 0.411. The van der Waals surface area contributed by atoms with Crippen LogP contribution in [0.3, 0.4) is 0 Å². The van der Waals surface area contributed by atoms with Crippen LogP contribution in [-0.2, 0) is 0 Å². The standard InChI is InChI=1S/C11H13Cl2N3O2/c12-7-3-4-8(9(13)6-7)11(17)15-5-1-2-10(14)16-18/h3-4,6,18H,1-2,5H2,(H2,14,16)(H,15,17). The summed E-state index contributed by atoms with van der Waals surface area (Å²) in [5, 5.41) is 14.6. The summed E-state index contributed by atoms with van der Waals surface area (Å²) in [5.74, 6) is -0.148. The zero-order valence-corrected chi connectivity index (χ0v) is 11.0. The Bertz CT molecular complexity index is 464. The van der Waals surface area contributed by atoms with E-state index < -0.39 is 0 Å². The summed E-state index contributed by atoms with van der Waals surface area (Å²) in [5.41, 5.74) is 5.66. The molecule has 0 aliphatic rings. The van der Waals surface area contributed by atoms with Crippen LogP contribution in [-0.4, -0.2) is 23.5 Å². The maximum atomic E-state index is 11.7. The van der Waals surface area contributed by atoms with Crippen molar-refractivity contribution < 1.29 is 10.0 Å². The highest BCUT2D eigenvalue weighted by atomic mass is 35.5. The molecule has 0 heterocycles. The summed E-state index contributed by atoms with van der Waals surface area (Å²) in [7, 11) is 0. The number of carbonyl (C=O) groups is 1. The van der Waals surface area contributed by atoms with Crippen molar-refractivity contribution in [3.8, 4) is 0 Å². The van der Waals surface area contributed by atoms with Gasteiger partial charge in [0.05, 0.1) is 10.6 Å². The molecule has 98 valence electrons. The van der Waals surface area contributed by atoms with Crippen LogP contribution >= 0.6 is 23.2 Å². The Kier molecular flexibility index (Phi) is 5.74. The molecular weight excluding hydrogens is 277 g/mol. The minimum Gasteiger partial charge on any atom is -0.409 e. The Balaban J connectivity index is 2.46. The van der Waals surface area contributed by atoms with Crippen LogP contribution in [0, 0.1) is 0 Å². The highest BCUT2D eigenvalue weighted by Gasteiger charge is 2.09. The first-order chi connectivity index (χ1) is 8.54. The van der Waals surface area contributed by atoms with Crippen molar-refractivity contribution in [1.82, 2.24) is 5.32 Å². The predicted molar refractivity (Wildman–Crippen MR) is 71.4 cm³/mol. The Morgan fingerprint density at radius 3 is 2.78 bits per heavy atom. The van der Waals surface area contributed by atoms with Gasteiger partial charge < -0.3 is 16.3 Å². The van der Waals surface area contributed by atoms with Crippen molar-refractivity contribution in [2.24, 2.45) is 10.9 Å². The number of nitrogens with two attached hydrogens (primary N) is 1. The van der Waals surface area contributed by atoms with Gasteiger partial charge in [-0.25, -0.2) is 0 Å². The summed E-state index contributed by atoms with van der Waals surface area (Å²) in [6, 6.07) is 4.66. The first-order valence-electron chi connectivity index (χ1n) is 5.24. The minimum atomic E-state index is -0.281. The molecule has 5 nitrogen and oxygen atoms in total. The SMILES string of the molecule is NC(CCCNC(=O)c1ccc(Cl)cc1Cl)=NO. The van der Waals surface area contributed by atoms with Crippen molar-refractivity contribution in [1.29, 1.82) is 0 Å². The number of rotatable bonds is 5. The highest BCUT2D eigenvalue weighted by molar-refractivity contribution is 6.36. The number of amides is 1. The quantitative estimate of drug-likeness (QED) is 0.255.